The highest BCUT2D eigenvalue weighted by Gasteiger charge is 2.35. The third-order valence-corrected chi connectivity index (χ3v) is 4.54. The Morgan fingerprint density at radius 3 is 2.38 bits per heavy atom. The Balaban J connectivity index is 2.09. The number of halogens is 3. The number of amides is 1. The lowest BCUT2D eigenvalue weighted by Crippen LogP contribution is -2.36. The highest BCUT2D eigenvalue weighted by Crippen LogP contribution is 2.35. The average molecular weight is 372 g/mol. The van der Waals surface area contributed by atoms with Gasteiger partial charge in [-0.05, 0) is 57.9 Å². The number of nitrogens with zero attached hydrogens (tertiary/aromatic N) is 1. The molecule has 1 fully saturated rings. The molecule has 2 atom stereocenters. The highest BCUT2D eigenvalue weighted by molar-refractivity contribution is 5.68. The van der Waals surface area contributed by atoms with Gasteiger partial charge in [-0.3, -0.25) is 0 Å². The Hall–Kier alpha value is -1.76. The first kappa shape index (κ1) is 20.6. The largest absolute Gasteiger partial charge is 0.444 e. The van der Waals surface area contributed by atoms with Gasteiger partial charge < -0.3 is 15.0 Å². The predicted octanol–water partition coefficient (Wildman–Crippen LogP) is 4.27. The third kappa shape index (κ3) is 5.37. The molecule has 1 N–H and O–H groups in total. The van der Waals surface area contributed by atoms with Gasteiger partial charge in [0.25, 0.3) is 0 Å². The number of ether oxygens (including phenoxy) is 1. The molecule has 1 amide bonds. The van der Waals surface area contributed by atoms with Crippen LogP contribution >= 0.6 is 0 Å². The molecule has 26 heavy (non-hydrogen) atoms. The second kappa shape index (κ2) is 7.86. The normalized spacial score (nSPS) is 19.5. The van der Waals surface area contributed by atoms with E-state index in [1.54, 1.807) is 17.0 Å². The van der Waals surface area contributed by atoms with E-state index in [9.17, 15) is 18.0 Å². The van der Waals surface area contributed by atoms with E-state index < -0.39 is 17.3 Å². The second-order valence-electron chi connectivity index (χ2n) is 7.76. The summed E-state index contributed by atoms with van der Waals surface area (Å²) in [5.41, 5.74) is -0.345. The fourth-order valence-corrected chi connectivity index (χ4v) is 3.30. The molecule has 0 radical (unpaired) electrons. The average Bonchev–Trinajstić information content (AvgIpc) is 3.00. The summed E-state index contributed by atoms with van der Waals surface area (Å²) < 4.78 is 43.7. The van der Waals surface area contributed by atoms with Crippen LogP contribution in [0.4, 0.5) is 18.0 Å². The zero-order valence-corrected chi connectivity index (χ0v) is 15.7. The van der Waals surface area contributed by atoms with E-state index in [4.69, 9.17) is 4.74 Å². The van der Waals surface area contributed by atoms with Crippen LogP contribution in [0.15, 0.2) is 24.3 Å². The Kier molecular flexibility index (Phi) is 6.21. The minimum atomic E-state index is -4.34. The molecule has 0 aromatic heterocycles. The molecule has 1 heterocycles. The van der Waals surface area contributed by atoms with Crippen molar-refractivity contribution in [1.82, 2.24) is 10.2 Å². The molecule has 0 bridgehead atoms. The van der Waals surface area contributed by atoms with Crippen molar-refractivity contribution in [1.29, 1.82) is 0 Å². The van der Waals surface area contributed by atoms with Crippen LogP contribution < -0.4 is 5.32 Å². The van der Waals surface area contributed by atoms with E-state index in [1.807, 2.05) is 27.8 Å². The Morgan fingerprint density at radius 2 is 1.88 bits per heavy atom. The first-order chi connectivity index (χ1) is 12.0. The topological polar surface area (TPSA) is 41.6 Å². The van der Waals surface area contributed by atoms with Crippen molar-refractivity contribution in [3.05, 3.63) is 35.4 Å². The molecule has 1 aromatic rings. The summed E-state index contributed by atoms with van der Waals surface area (Å²) >= 11 is 0. The molecule has 0 saturated carbocycles. The number of likely N-dealkylation sites (N-methyl/N-ethyl adjacent to an activating group) is 1. The number of hydrogen-bond donors (Lipinski definition) is 1. The van der Waals surface area contributed by atoms with Crippen molar-refractivity contribution >= 4 is 6.09 Å². The van der Waals surface area contributed by atoms with Crippen LogP contribution in [0, 0.1) is 5.92 Å². The van der Waals surface area contributed by atoms with Gasteiger partial charge in [-0.15, -0.1) is 0 Å². The Labute approximate surface area is 152 Å². The number of likely N-dealkylation sites (tertiary alicyclic amines) is 1. The highest BCUT2D eigenvalue weighted by atomic mass is 19.4. The maximum Gasteiger partial charge on any atom is 0.416 e. The number of nitrogens with one attached hydrogen (secondary N) is 1. The van der Waals surface area contributed by atoms with Crippen LogP contribution in [0.1, 0.15) is 44.2 Å². The molecule has 146 valence electrons. The Morgan fingerprint density at radius 1 is 1.27 bits per heavy atom. The summed E-state index contributed by atoms with van der Waals surface area (Å²) in [6.45, 7) is 7.25. The molecule has 1 aromatic carbocycles. The van der Waals surface area contributed by atoms with Gasteiger partial charge in [0.05, 0.1) is 5.56 Å². The van der Waals surface area contributed by atoms with Gasteiger partial charge in [0.15, 0.2) is 0 Å². The fourth-order valence-electron chi connectivity index (χ4n) is 3.30. The third-order valence-electron chi connectivity index (χ3n) is 4.54. The molecule has 1 aliphatic heterocycles. The summed E-state index contributed by atoms with van der Waals surface area (Å²) in [5.74, 6) is 0.210. The summed E-state index contributed by atoms with van der Waals surface area (Å²) in [6.07, 6.45) is -3.87. The SMILES string of the molecule is CNCC(c1ccc(C(F)(F)F)cc1)C1CCN(C(=O)OC(C)(C)C)C1. The first-order valence-electron chi connectivity index (χ1n) is 8.81. The summed E-state index contributed by atoms with van der Waals surface area (Å²) in [7, 11) is 1.82. The lowest BCUT2D eigenvalue weighted by Gasteiger charge is -2.26. The van der Waals surface area contributed by atoms with Crippen LogP contribution in [0.2, 0.25) is 0 Å². The Bertz CT molecular complexity index is 609. The van der Waals surface area contributed by atoms with Gasteiger partial charge in [0.2, 0.25) is 0 Å². The molecule has 2 rings (SSSR count). The van der Waals surface area contributed by atoms with Crippen molar-refractivity contribution in [3.8, 4) is 0 Å². The van der Waals surface area contributed by atoms with Crippen molar-refractivity contribution in [3.63, 3.8) is 0 Å². The summed E-state index contributed by atoms with van der Waals surface area (Å²) in [6, 6.07) is 5.33. The smallest absolute Gasteiger partial charge is 0.416 e. The van der Waals surface area contributed by atoms with Crippen LogP contribution in [-0.2, 0) is 10.9 Å². The first-order valence-corrected chi connectivity index (χ1v) is 8.81. The number of benzene rings is 1. The number of carbonyl (C=O) groups excluding carboxylic acids is 1. The molecule has 0 spiro atoms. The number of carbonyl (C=O) groups is 1. The van der Waals surface area contributed by atoms with Crippen molar-refractivity contribution in [2.24, 2.45) is 5.92 Å². The molecule has 7 heteroatoms. The lowest BCUT2D eigenvalue weighted by atomic mass is 9.85. The van der Waals surface area contributed by atoms with Gasteiger partial charge in [0, 0.05) is 25.6 Å². The zero-order chi connectivity index (χ0) is 19.5. The fraction of sp³-hybridized carbons (Fsp3) is 0.632. The molecule has 1 aliphatic rings. The molecule has 4 nitrogen and oxygen atoms in total. The molecule has 2 unspecified atom stereocenters. The summed E-state index contributed by atoms with van der Waals surface area (Å²) in [5, 5.41) is 3.11. The maximum absolute atomic E-state index is 12.8. The van der Waals surface area contributed by atoms with E-state index in [0.717, 1.165) is 24.1 Å². The van der Waals surface area contributed by atoms with Crippen molar-refractivity contribution in [2.75, 3.05) is 26.7 Å². The monoisotopic (exact) mass is 372 g/mol. The van der Waals surface area contributed by atoms with Gasteiger partial charge >= 0.3 is 12.3 Å². The van der Waals surface area contributed by atoms with E-state index in [2.05, 4.69) is 5.32 Å². The predicted molar refractivity (Wildman–Crippen MR) is 94.0 cm³/mol. The number of alkyl halides is 3. The van der Waals surface area contributed by atoms with E-state index in [1.165, 1.54) is 0 Å². The van der Waals surface area contributed by atoms with Crippen molar-refractivity contribution in [2.45, 2.75) is 44.9 Å². The summed E-state index contributed by atoms with van der Waals surface area (Å²) in [4.78, 5) is 13.9. The molecular weight excluding hydrogens is 345 g/mol. The lowest BCUT2D eigenvalue weighted by molar-refractivity contribution is -0.137. The van der Waals surface area contributed by atoms with Gasteiger partial charge in [-0.1, -0.05) is 12.1 Å². The van der Waals surface area contributed by atoms with Crippen LogP contribution in [0.3, 0.4) is 0 Å². The minimum Gasteiger partial charge on any atom is -0.444 e. The molecule has 1 saturated heterocycles. The van der Waals surface area contributed by atoms with Gasteiger partial charge in [0.1, 0.15) is 5.60 Å². The zero-order valence-electron chi connectivity index (χ0n) is 15.7. The van der Waals surface area contributed by atoms with Crippen LogP contribution in [0.5, 0.6) is 0 Å². The van der Waals surface area contributed by atoms with E-state index >= 15 is 0 Å². The van der Waals surface area contributed by atoms with E-state index in [0.29, 0.717) is 19.6 Å². The van der Waals surface area contributed by atoms with Crippen LogP contribution in [-0.4, -0.2) is 43.3 Å². The van der Waals surface area contributed by atoms with Gasteiger partial charge in [-0.2, -0.15) is 13.2 Å². The number of hydrogen-bond acceptors (Lipinski definition) is 3. The van der Waals surface area contributed by atoms with Gasteiger partial charge in [-0.25, -0.2) is 4.79 Å². The number of rotatable bonds is 4. The molecular formula is C19H27F3N2O2. The molecule has 0 aliphatic carbocycles. The van der Waals surface area contributed by atoms with Crippen LogP contribution in [0.25, 0.3) is 0 Å². The maximum atomic E-state index is 12.8. The van der Waals surface area contributed by atoms with Crippen molar-refractivity contribution < 1.29 is 22.7 Å². The second-order valence-corrected chi connectivity index (χ2v) is 7.76. The minimum absolute atomic E-state index is 0.0368. The quantitative estimate of drug-likeness (QED) is 0.858. The standard InChI is InChI=1S/C19H27F3N2O2/c1-18(2,3)26-17(25)24-10-9-14(12-24)16(11-23-4)13-5-7-15(8-6-13)19(20,21)22/h5-8,14,16,23H,9-12H2,1-4H3. The van der Waals surface area contributed by atoms with E-state index in [-0.39, 0.29) is 17.9 Å².